The molecule has 1 saturated heterocycles. The monoisotopic (exact) mass is 517 g/mol. The van der Waals surface area contributed by atoms with Crippen LogP contribution in [0.4, 0.5) is 0 Å². The normalized spacial score (nSPS) is 18.6. The lowest BCUT2D eigenvalue weighted by Gasteiger charge is -2.31. The molecule has 2 heterocycles. The number of ether oxygens (including phenoxy) is 2. The van der Waals surface area contributed by atoms with E-state index in [1.54, 1.807) is 4.90 Å². The van der Waals surface area contributed by atoms with Gasteiger partial charge in [0.05, 0.1) is 11.5 Å². The maximum atomic E-state index is 13.1. The van der Waals surface area contributed by atoms with Crippen molar-refractivity contribution >= 4 is 11.8 Å². The van der Waals surface area contributed by atoms with E-state index in [4.69, 9.17) is 9.47 Å². The predicted molar refractivity (Wildman–Crippen MR) is 146 cm³/mol. The summed E-state index contributed by atoms with van der Waals surface area (Å²) in [5.41, 5.74) is 1.54. The van der Waals surface area contributed by atoms with Gasteiger partial charge in [-0.1, -0.05) is 56.7 Å². The summed E-state index contributed by atoms with van der Waals surface area (Å²) in [4.78, 5) is 27.9. The molecule has 0 aromatic heterocycles. The minimum absolute atomic E-state index is 0.0258. The Morgan fingerprint density at radius 2 is 1.87 bits per heavy atom. The van der Waals surface area contributed by atoms with E-state index in [2.05, 4.69) is 25.2 Å². The Labute approximate surface area is 226 Å². The van der Waals surface area contributed by atoms with E-state index in [1.807, 2.05) is 55.5 Å². The number of hydrogen-bond acceptors (Lipinski definition) is 5. The molecule has 2 aromatic rings. The van der Waals surface area contributed by atoms with Gasteiger partial charge >= 0.3 is 0 Å². The molecule has 202 valence electrons. The number of hydrogen-bond donors (Lipinski definition) is 1. The molecule has 1 fully saturated rings. The van der Waals surface area contributed by atoms with Crippen LogP contribution >= 0.6 is 0 Å². The number of nitrogens with zero attached hydrogens (tertiary/aromatic N) is 2. The zero-order valence-electron chi connectivity index (χ0n) is 22.7. The van der Waals surface area contributed by atoms with Crippen molar-refractivity contribution in [2.75, 3.05) is 13.3 Å². The Hall–Kier alpha value is -3.53. The number of nitrogens with one attached hydrogen (secondary N) is 1. The zero-order chi connectivity index (χ0) is 27.1. The van der Waals surface area contributed by atoms with Gasteiger partial charge in [0.1, 0.15) is 6.04 Å². The van der Waals surface area contributed by atoms with Crippen LogP contribution in [-0.4, -0.2) is 42.1 Å². The fraction of sp³-hybridized carbons (Fsp3) is 0.516. The fourth-order valence-electron chi connectivity index (χ4n) is 5.72. The first-order valence-electron chi connectivity index (χ1n) is 13.8. The highest BCUT2D eigenvalue weighted by atomic mass is 16.7. The molecule has 0 saturated carbocycles. The average Bonchev–Trinajstić information content (AvgIpc) is 3.59. The molecule has 0 radical (unpaired) electrons. The van der Waals surface area contributed by atoms with Crippen LogP contribution in [0.15, 0.2) is 48.5 Å². The van der Waals surface area contributed by atoms with Gasteiger partial charge in [-0.2, -0.15) is 5.26 Å². The minimum Gasteiger partial charge on any atom is -0.454 e. The molecule has 7 heteroatoms. The summed E-state index contributed by atoms with van der Waals surface area (Å²) in [6.07, 6.45) is 4.77. The predicted octanol–water partition coefficient (Wildman–Crippen LogP) is 5.13. The van der Waals surface area contributed by atoms with E-state index in [0.717, 1.165) is 35.5 Å². The second kappa shape index (κ2) is 12.3. The van der Waals surface area contributed by atoms with E-state index in [1.165, 1.54) is 0 Å². The highest BCUT2D eigenvalue weighted by molar-refractivity contribution is 5.88. The van der Waals surface area contributed by atoms with Crippen LogP contribution in [0.5, 0.6) is 11.5 Å². The molecule has 3 atom stereocenters. The van der Waals surface area contributed by atoms with Crippen molar-refractivity contribution in [3.05, 3.63) is 59.7 Å². The quantitative estimate of drug-likeness (QED) is 0.417. The largest absolute Gasteiger partial charge is 0.454 e. The summed E-state index contributed by atoms with van der Waals surface area (Å²) >= 11 is 0. The summed E-state index contributed by atoms with van der Waals surface area (Å²) in [7, 11) is 0. The van der Waals surface area contributed by atoms with Crippen LogP contribution in [0.25, 0.3) is 0 Å². The molecule has 2 amide bonds. The maximum absolute atomic E-state index is 13.1. The van der Waals surface area contributed by atoms with Gasteiger partial charge in [0.25, 0.3) is 0 Å². The zero-order valence-corrected chi connectivity index (χ0v) is 22.7. The number of amides is 2. The van der Waals surface area contributed by atoms with Crippen LogP contribution in [0.3, 0.4) is 0 Å². The maximum Gasteiger partial charge on any atom is 0.243 e. The SMILES string of the molecule is CC(Cc1ccc2c(c1)OCO2)NC(=O)[C@H]1CCCN1C(=O)CCCCC(C#N)(c1ccccc1)C(C)C. The topological polar surface area (TPSA) is 91.7 Å². The first-order valence-corrected chi connectivity index (χ1v) is 13.8. The van der Waals surface area contributed by atoms with E-state index in [9.17, 15) is 14.9 Å². The van der Waals surface area contributed by atoms with Gasteiger partial charge in [0, 0.05) is 19.0 Å². The lowest BCUT2D eigenvalue weighted by Crippen LogP contribution is -2.48. The second-order valence-electron chi connectivity index (χ2n) is 10.9. The van der Waals surface area contributed by atoms with Crippen molar-refractivity contribution in [2.24, 2.45) is 5.92 Å². The molecule has 4 rings (SSSR count). The van der Waals surface area contributed by atoms with Gasteiger partial charge < -0.3 is 19.7 Å². The number of fused-ring (bicyclic) bond motifs is 1. The van der Waals surface area contributed by atoms with Crippen LogP contribution in [0.1, 0.15) is 70.4 Å². The molecule has 2 aromatic carbocycles. The summed E-state index contributed by atoms with van der Waals surface area (Å²) in [6, 6.07) is 17.9. The standard InChI is InChI=1S/C31H39N3O4/c1-22(2)31(20-32,25-10-5-4-6-11-25)16-8-7-13-29(35)34-17-9-12-26(34)30(36)33-23(3)18-24-14-15-27-28(19-24)38-21-37-27/h4-6,10-11,14-15,19,22-23,26H,7-9,12-13,16-18,21H2,1-3H3,(H,33,36)/t23?,26-,31?/m1/s1. The van der Waals surface area contributed by atoms with E-state index in [-0.39, 0.29) is 30.6 Å². The molecule has 1 N–H and O–H groups in total. The second-order valence-corrected chi connectivity index (χ2v) is 10.9. The first kappa shape index (κ1) is 27.5. The molecule has 0 bridgehead atoms. The van der Waals surface area contributed by atoms with Gasteiger partial charge in [-0.05, 0) is 68.2 Å². The van der Waals surface area contributed by atoms with Crippen molar-refractivity contribution in [2.45, 2.75) is 83.2 Å². The fourth-order valence-corrected chi connectivity index (χ4v) is 5.72. The number of nitriles is 1. The third kappa shape index (κ3) is 6.12. The Bertz CT molecular complexity index is 1160. The summed E-state index contributed by atoms with van der Waals surface area (Å²) in [5, 5.41) is 13.2. The van der Waals surface area contributed by atoms with Crippen LogP contribution in [-0.2, 0) is 21.4 Å². The minimum atomic E-state index is -0.561. The highest BCUT2D eigenvalue weighted by Gasteiger charge is 2.36. The molecule has 2 aliphatic heterocycles. The Balaban J connectivity index is 1.27. The van der Waals surface area contributed by atoms with Crippen LogP contribution in [0.2, 0.25) is 0 Å². The van der Waals surface area contributed by atoms with Gasteiger partial charge in [-0.3, -0.25) is 9.59 Å². The van der Waals surface area contributed by atoms with E-state index < -0.39 is 11.5 Å². The molecule has 7 nitrogen and oxygen atoms in total. The Morgan fingerprint density at radius 3 is 2.61 bits per heavy atom. The van der Waals surface area contributed by atoms with Crippen molar-refractivity contribution in [3.63, 3.8) is 0 Å². The molecule has 0 aliphatic carbocycles. The smallest absolute Gasteiger partial charge is 0.243 e. The van der Waals surface area contributed by atoms with Crippen molar-refractivity contribution in [1.82, 2.24) is 10.2 Å². The summed E-state index contributed by atoms with van der Waals surface area (Å²) in [6.45, 7) is 7.00. The van der Waals surface area contributed by atoms with Gasteiger partial charge in [-0.15, -0.1) is 0 Å². The molecule has 38 heavy (non-hydrogen) atoms. The van der Waals surface area contributed by atoms with Gasteiger partial charge in [0.15, 0.2) is 11.5 Å². The lowest BCUT2D eigenvalue weighted by molar-refractivity contribution is -0.138. The van der Waals surface area contributed by atoms with Gasteiger partial charge in [0.2, 0.25) is 18.6 Å². The summed E-state index contributed by atoms with van der Waals surface area (Å²) < 4.78 is 10.8. The number of benzene rings is 2. The number of unbranched alkanes of at least 4 members (excludes halogenated alkanes) is 1. The summed E-state index contributed by atoms with van der Waals surface area (Å²) in [5.74, 6) is 1.58. The Kier molecular flexibility index (Phi) is 8.93. The van der Waals surface area contributed by atoms with Crippen LogP contribution in [0, 0.1) is 17.2 Å². The van der Waals surface area contributed by atoms with Gasteiger partial charge in [-0.25, -0.2) is 0 Å². The third-order valence-electron chi connectivity index (χ3n) is 7.93. The molecule has 0 spiro atoms. The lowest BCUT2D eigenvalue weighted by atomic mass is 9.69. The third-order valence-corrected chi connectivity index (χ3v) is 7.93. The first-order chi connectivity index (χ1) is 18.3. The van der Waals surface area contributed by atoms with Crippen molar-refractivity contribution < 1.29 is 19.1 Å². The van der Waals surface area contributed by atoms with Crippen molar-refractivity contribution in [3.8, 4) is 17.6 Å². The van der Waals surface area contributed by atoms with Crippen LogP contribution < -0.4 is 14.8 Å². The number of carbonyl (C=O) groups is 2. The Morgan fingerprint density at radius 1 is 1.11 bits per heavy atom. The molecule has 2 aliphatic rings. The molecule has 2 unspecified atom stereocenters. The van der Waals surface area contributed by atoms with E-state index >= 15 is 0 Å². The number of carbonyl (C=O) groups excluding carboxylic acids is 2. The number of likely N-dealkylation sites (tertiary alicyclic amines) is 1. The number of rotatable bonds is 11. The highest BCUT2D eigenvalue weighted by Crippen LogP contribution is 2.37. The van der Waals surface area contributed by atoms with E-state index in [0.29, 0.717) is 38.6 Å². The van der Waals surface area contributed by atoms with Crippen molar-refractivity contribution in [1.29, 1.82) is 5.26 Å². The molecular weight excluding hydrogens is 478 g/mol. The average molecular weight is 518 g/mol. The molecular formula is C31H39N3O4.